The molecule has 0 heterocycles. The standard InChI is InChI=1S/C21H20O3/c1-14-12-17(20(23)15-8-4-2-5-9-15)13-18(19(14)22)21(24)16-10-6-3-7-11-16/h2-13,20-24H,1H3. The van der Waals surface area contributed by atoms with Crippen LogP contribution in [0.4, 0.5) is 0 Å². The van der Waals surface area contributed by atoms with Crippen LogP contribution in [0.25, 0.3) is 0 Å². The average Bonchev–Trinajstić information content (AvgIpc) is 2.64. The van der Waals surface area contributed by atoms with Gasteiger partial charge in [0.15, 0.2) is 0 Å². The van der Waals surface area contributed by atoms with Crippen LogP contribution >= 0.6 is 0 Å². The lowest BCUT2D eigenvalue weighted by atomic mass is 9.92. The zero-order valence-electron chi connectivity index (χ0n) is 13.4. The molecule has 0 aliphatic heterocycles. The van der Waals surface area contributed by atoms with Gasteiger partial charge in [-0.05, 0) is 41.3 Å². The number of aliphatic hydroxyl groups is 2. The molecule has 0 saturated carbocycles. The van der Waals surface area contributed by atoms with Crippen LogP contribution in [0.15, 0.2) is 72.8 Å². The van der Waals surface area contributed by atoms with Crippen molar-refractivity contribution in [3.8, 4) is 5.75 Å². The molecule has 0 aromatic heterocycles. The SMILES string of the molecule is Cc1cc(C(O)c2ccccc2)cc(C(O)c2ccccc2)c1O. The first-order valence-corrected chi connectivity index (χ1v) is 7.87. The molecule has 2 atom stereocenters. The van der Waals surface area contributed by atoms with E-state index < -0.39 is 12.2 Å². The van der Waals surface area contributed by atoms with E-state index in [0.717, 1.165) is 5.56 Å². The summed E-state index contributed by atoms with van der Waals surface area (Å²) >= 11 is 0. The van der Waals surface area contributed by atoms with Crippen LogP contribution in [0, 0.1) is 6.92 Å². The van der Waals surface area contributed by atoms with Crippen LogP contribution in [0.3, 0.4) is 0 Å². The number of hydrogen-bond acceptors (Lipinski definition) is 3. The Morgan fingerprint density at radius 2 is 1.17 bits per heavy atom. The van der Waals surface area contributed by atoms with Crippen molar-refractivity contribution < 1.29 is 15.3 Å². The maximum absolute atomic E-state index is 10.6. The van der Waals surface area contributed by atoms with Gasteiger partial charge in [-0.3, -0.25) is 0 Å². The number of rotatable bonds is 4. The highest BCUT2D eigenvalue weighted by Crippen LogP contribution is 2.35. The fourth-order valence-corrected chi connectivity index (χ4v) is 2.84. The number of phenolic OH excluding ortho intramolecular Hbond substituents is 1. The van der Waals surface area contributed by atoms with Gasteiger partial charge in [-0.15, -0.1) is 0 Å². The van der Waals surface area contributed by atoms with Crippen LogP contribution in [0.2, 0.25) is 0 Å². The number of hydrogen-bond donors (Lipinski definition) is 3. The van der Waals surface area contributed by atoms with Crippen LogP contribution in [0.5, 0.6) is 5.75 Å². The van der Waals surface area contributed by atoms with Crippen molar-refractivity contribution in [1.82, 2.24) is 0 Å². The molecular formula is C21H20O3. The number of aliphatic hydroxyl groups excluding tert-OH is 2. The van der Waals surface area contributed by atoms with Crippen molar-refractivity contribution in [3.63, 3.8) is 0 Å². The van der Waals surface area contributed by atoms with Crippen molar-refractivity contribution in [3.05, 3.63) is 101 Å². The first-order valence-electron chi connectivity index (χ1n) is 7.87. The molecule has 3 aromatic rings. The van der Waals surface area contributed by atoms with E-state index in [-0.39, 0.29) is 5.75 Å². The number of benzene rings is 3. The number of aromatic hydroxyl groups is 1. The van der Waals surface area contributed by atoms with Gasteiger partial charge in [0.2, 0.25) is 0 Å². The molecular weight excluding hydrogens is 300 g/mol. The lowest BCUT2D eigenvalue weighted by Gasteiger charge is -2.19. The van der Waals surface area contributed by atoms with Gasteiger partial charge >= 0.3 is 0 Å². The molecule has 3 N–H and O–H groups in total. The normalized spacial score (nSPS) is 13.5. The lowest BCUT2D eigenvalue weighted by molar-refractivity contribution is 0.210. The highest BCUT2D eigenvalue weighted by molar-refractivity contribution is 5.48. The van der Waals surface area contributed by atoms with E-state index in [4.69, 9.17) is 0 Å². The molecule has 3 rings (SSSR count). The molecule has 2 unspecified atom stereocenters. The van der Waals surface area contributed by atoms with Gasteiger partial charge in [-0.25, -0.2) is 0 Å². The molecule has 0 aliphatic carbocycles. The quantitative estimate of drug-likeness (QED) is 0.684. The van der Waals surface area contributed by atoms with E-state index in [1.165, 1.54) is 0 Å². The lowest BCUT2D eigenvalue weighted by Crippen LogP contribution is -2.05. The maximum Gasteiger partial charge on any atom is 0.124 e. The summed E-state index contributed by atoms with van der Waals surface area (Å²) in [5.74, 6) is 0.0513. The molecule has 0 fully saturated rings. The van der Waals surface area contributed by atoms with Crippen LogP contribution in [-0.4, -0.2) is 15.3 Å². The monoisotopic (exact) mass is 320 g/mol. The third kappa shape index (κ3) is 3.18. The van der Waals surface area contributed by atoms with Gasteiger partial charge < -0.3 is 15.3 Å². The average molecular weight is 320 g/mol. The largest absolute Gasteiger partial charge is 0.507 e. The highest BCUT2D eigenvalue weighted by Gasteiger charge is 2.20. The van der Waals surface area contributed by atoms with Crippen LogP contribution < -0.4 is 0 Å². The molecule has 3 nitrogen and oxygen atoms in total. The zero-order chi connectivity index (χ0) is 17.1. The fraction of sp³-hybridized carbons (Fsp3) is 0.143. The van der Waals surface area contributed by atoms with Crippen LogP contribution in [-0.2, 0) is 0 Å². The Morgan fingerprint density at radius 1 is 0.667 bits per heavy atom. The summed E-state index contributed by atoms with van der Waals surface area (Å²) in [6.45, 7) is 1.76. The smallest absolute Gasteiger partial charge is 0.124 e. The predicted molar refractivity (Wildman–Crippen MR) is 93.9 cm³/mol. The van der Waals surface area contributed by atoms with E-state index in [9.17, 15) is 15.3 Å². The Bertz CT molecular complexity index is 813. The topological polar surface area (TPSA) is 60.7 Å². The van der Waals surface area contributed by atoms with Crippen molar-refractivity contribution in [2.45, 2.75) is 19.1 Å². The Kier molecular flexibility index (Phi) is 4.65. The summed E-state index contributed by atoms with van der Waals surface area (Å²) < 4.78 is 0. The molecule has 0 amide bonds. The molecule has 0 bridgehead atoms. The van der Waals surface area contributed by atoms with Crippen LogP contribution in [0.1, 0.15) is 40.0 Å². The van der Waals surface area contributed by atoms with Gasteiger partial charge in [-0.2, -0.15) is 0 Å². The van der Waals surface area contributed by atoms with E-state index in [2.05, 4.69) is 0 Å². The second kappa shape index (κ2) is 6.87. The summed E-state index contributed by atoms with van der Waals surface area (Å²) in [5, 5.41) is 31.6. The van der Waals surface area contributed by atoms with Gasteiger partial charge in [0, 0.05) is 5.56 Å². The summed E-state index contributed by atoms with van der Waals surface area (Å²) in [7, 11) is 0. The Hall–Kier alpha value is -2.62. The first kappa shape index (κ1) is 16.2. The minimum absolute atomic E-state index is 0.0513. The van der Waals surface area contributed by atoms with Gasteiger partial charge in [0.25, 0.3) is 0 Å². The summed E-state index contributed by atoms with van der Waals surface area (Å²) in [5.41, 5.74) is 3.11. The highest BCUT2D eigenvalue weighted by atomic mass is 16.3. The second-order valence-corrected chi connectivity index (χ2v) is 5.90. The van der Waals surface area contributed by atoms with Gasteiger partial charge in [-0.1, -0.05) is 60.7 Å². The van der Waals surface area contributed by atoms with Crippen molar-refractivity contribution in [2.75, 3.05) is 0 Å². The van der Waals surface area contributed by atoms with Crippen molar-refractivity contribution in [2.24, 2.45) is 0 Å². The van der Waals surface area contributed by atoms with E-state index in [0.29, 0.717) is 22.3 Å². The minimum Gasteiger partial charge on any atom is -0.507 e. The molecule has 0 radical (unpaired) electrons. The molecule has 0 aliphatic rings. The number of aryl methyl sites for hydroxylation is 1. The van der Waals surface area contributed by atoms with Gasteiger partial charge in [0.1, 0.15) is 18.0 Å². The predicted octanol–water partition coefficient (Wildman–Crippen LogP) is 3.86. The van der Waals surface area contributed by atoms with Crippen molar-refractivity contribution >= 4 is 0 Å². The molecule has 0 saturated heterocycles. The zero-order valence-corrected chi connectivity index (χ0v) is 13.4. The Balaban J connectivity index is 2.03. The maximum atomic E-state index is 10.6. The molecule has 24 heavy (non-hydrogen) atoms. The molecule has 0 spiro atoms. The third-order valence-electron chi connectivity index (χ3n) is 4.19. The Morgan fingerprint density at radius 3 is 1.71 bits per heavy atom. The van der Waals surface area contributed by atoms with E-state index in [1.54, 1.807) is 31.2 Å². The molecule has 122 valence electrons. The second-order valence-electron chi connectivity index (χ2n) is 5.90. The van der Waals surface area contributed by atoms with E-state index in [1.807, 2.05) is 48.5 Å². The summed E-state index contributed by atoms with van der Waals surface area (Å²) in [6, 6.07) is 21.9. The minimum atomic E-state index is -0.951. The van der Waals surface area contributed by atoms with Gasteiger partial charge in [0.05, 0.1) is 0 Å². The van der Waals surface area contributed by atoms with Crippen molar-refractivity contribution in [1.29, 1.82) is 0 Å². The first-order chi connectivity index (χ1) is 11.6. The van der Waals surface area contributed by atoms with E-state index >= 15 is 0 Å². The fourth-order valence-electron chi connectivity index (χ4n) is 2.84. The molecule has 3 aromatic carbocycles. The molecule has 3 heteroatoms. The Labute approximate surface area is 141 Å². The summed E-state index contributed by atoms with van der Waals surface area (Å²) in [4.78, 5) is 0. The number of phenols is 1. The summed E-state index contributed by atoms with van der Waals surface area (Å²) in [6.07, 6.45) is -1.76. The third-order valence-corrected chi connectivity index (χ3v) is 4.19.